The van der Waals surface area contributed by atoms with Gasteiger partial charge in [0.2, 0.25) is 5.91 Å². The van der Waals surface area contributed by atoms with Crippen molar-refractivity contribution in [2.75, 3.05) is 19.7 Å². The van der Waals surface area contributed by atoms with E-state index in [1.54, 1.807) is 0 Å². The van der Waals surface area contributed by atoms with Gasteiger partial charge in [0.05, 0.1) is 5.41 Å². The van der Waals surface area contributed by atoms with Gasteiger partial charge in [0.1, 0.15) is 0 Å². The fourth-order valence-corrected chi connectivity index (χ4v) is 3.77. The van der Waals surface area contributed by atoms with Crippen LogP contribution in [0.5, 0.6) is 0 Å². The Bertz CT molecular complexity index is 443. The fraction of sp³-hybridized carbons (Fsp3) is 0.588. The van der Waals surface area contributed by atoms with E-state index in [9.17, 15) is 9.90 Å². The zero-order valence-corrected chi connectivity index (χ0v) is 12.7. The summed E-state index contributed by atoms with van der Waals surface area (Å²) in [5.74, 6) is 0.491. The number of likely N-dealkylation sites (N-methyl/N-ethyl adjacent to an activating group) is 1. The van der Waals surface area contributed by atoms with E-state index in [1.807, 2.05) is 49.1 Å². The summed E-state index contributed by atoms with van der Waals surface area (Å²) < 4.78 is 0. The molecule has 3 atom stereocenters. The molecule has 1 N–H and O–H groups in total. The molecule has 110 valence electrons. The Morgan fingerprint density at radius 2 is 1.75 bits per heavy atom. The number of benzene rings is 1. The standard InChI is InChI=1S/C17H25NO2/c1-4-14-15(12-19)17(14,13-10-8-7-9-11-13)16(20)18(5-2)6-3/h7-11,14-15,19H,4-6,12H2,1-3H3. The van der Waals surface area contributed by atoms with Crippen LogP contribution < -0.4 is 0 Å². The van der Waals surface area contributed by atoms with E-state index in [1.165, 1.54) is 0 Å². The molecule has 2 rings (SSSR count). The summed E-state index contributed by atoms with van der Waals surface area (Å²) in [6.45, 7) is 7.65. The van der Waals surface area contributed by atoms with E-state index < -0.39 is 5.41 Å². The number of carbonyl (C=O) groups excluding carboxylic acids is 1. The molecule has 1 aliphatic carbocycles. The number of nitrogens with zero attached hydrogens (tertiary/aromatic N) is 1. The van der Waals surface area contributed by atoms with Crippen molar-refractivity contribution in [1.82, 2.24) is 4.90 Å². The molecule has 1 aromatic carbocycles. The number of carbonyl (C=O) groups is 1. The highest BCUT2D eigenvalue weighted by atomic mass is 16.3. The van der Waals surface area contributed by atoms with Gasteiger partial charge in [-0.2, -0.15) is 0 Å². The predicted molar refractivity (Wildman–Crippen MR) is 80.4 cm³/mol. The minimum atomic E-state index is -0.503. The van der Waals surface area contributed by atoms with Crippen LogP contribution in [0.1, 0.15) is 32.8 Å². The highest BCUT2D eigenvalue weighted by molar-refractivity contribution is 5.93. The molecule has 1 fully saturated rings. The highest BCUT2D eigenvalue weighted by Gasteiger charge is 2.69. The first-order valence-corrected chi connectivity index (χ1v) is 7.64. The van der Waals surface area contributed by atoms with Crippen molar-refractivity contribution in [2.45, 2.75) is 32.6 Å². The second-order valence-corrected chi connectivity index (χ2v) is 5.52. The van der Waals surface area contributed by atoms with E-state index >= 15 is 0 Å². The van der Waals surface area contributed by atoms with Crippen LogP contribution in [0.25, 0.3) is 0 Å². The Balaban J connectivity index is 2.45. The molecule has 0 heterocycles. The van der Waals surface area contributed by atoms with Gasteiger partial charge in [0.15, 0.2) is 0 Å². The Kier molecular flexibility index (Phi) is 4.48. The second kappa shape index (κ2) is 5.96. The van der Waals surface area contributed by atoms with Gasteiger partial charge in [-0.3, -0.25) is 4.79 Å². The molecular weight excluding hydrogens is 250 g/mol. The number of rotatable bonds is 6. The van der Waals surface area contributed by atoms with Crippen molar-refractivity contribution in [3.8, 4) is 0 Å². The molecular formula is C17H25NO2. The van der Waals surface area contributed by atoms with Gasteiger partial charge < -0.3 is 10.0 Å². The van der Waals surface area contributed by atoms with Crippen molar-refractivity contribution in [1.29, 1.82) is 0 Å². The smallest absolute Gasteiger partial charge is 0.233 e. The molecule has 3 nitrogen and oxygen atoms in total. The molecule has 3 unspecified atom stereocenters. The number of hydrogen-bond donors (Lipinski definition) is 1. The van der Waals surface area contributed by atoms with Gasteiger partial charge in [0, 0.05) is 25.6 Å². The third-order valence-corrected chi connectivity index (χ3v) is 4.84. The Hall–Kier alpha value is -1.35. The molecule has 1 aromatic rings. The lowest BCUT2D eigenvalue weighted by Crippen LogP contribution is -2.41. The molecule has 0 bridgehead atoms. The van der Waals surface area contributed by atoms with E-state index in [-0.39, 0.29) is 24.3 Å². The van der Waals surface area contributed by atoms with Crippen LogP contribution in [-0.4, -0.2) is 35.6 Å². The number of aliphatic hydroxyl groups excluding tert-OH is 1. The van der Waals surface area contributed by atoms with Gasteiger partial charge in [-0.15, -0.1) is 0 Å². The molecule has 1 aliphatic rings. The van der Waals surface area contributed by atoms with Crippen LogP contribution in [0.2, 0.25) is 0 Å². The first-order chi connectivity index (χ1) is 9.68. The predicted octanol–water partition coefficient (Wildman–Crippen LogP) is 2.44. The number of amides is 1. The Morgan fingerprint density at radius 1 is 1.15 bits per heavy atom. The maximum atomic E-state index is 13.0. The summed E-state index contributed by atoms with van der Waals surface area (Å²) in [6, 6.07) is 9.98. The van der Waals surface area contributed by atoms with Crippen LogP contribution in [0.15, 0.2) is 30.3 Å². The quantitative estimate of drug-likeness (QED) is 0.866. The summed E-state index contributed by atoms with van der Waals surface area (Å²) in [5, 5.41) is 9.71. The lowest BCUT2D eigenvalue weighted by Gasteiger charge is -2.27. The maximum absolute atomic E-state index is 13.0. The average molecular weight is 275 g/mol. The van der Waals surface area contributed by atoms with E-state index in [0.29, 0.717) is 0 Å². The topological polar surface area (TPSA) is 40.5 Å². The Morgan fingerprint density at radius 3 is 2.15 bits per heavy atom. The van der Waals surface area contributed by atoms with E-state index in [4.69, 9.17) is 0 Å². The normalized spacial score (nSPS) is 28.2. The third kappa shape index (κ3) is 2.05. The molecule has 1 saturated carbocycles. The summed E-state index contributed by atoms with van der Waals surface area (Å²) in [7, 11) is 0. The van der Waals surface area contributed by atoms with E-state index in [0.717, 1.165) is 25.1 Å². The van der Waals surface area contributed by atoms with Crippen LogP contribution in [-0.2, 0) is 10.2 Å². The molecule has 20 heavy (non-hydrogen) atoms. The summed E-state index contributed by atoms with van der Waals surface area (Å²) in [5.41, 5.74) is 0.555. The van der Waals surface area contributed by atoms with E-state index in [2.05, 4.69) is 6.92 Å². The molecule has 0 radical (unpaired) electrons. The maximum Gasteiger partial charge on any atom is 0.233 e. The second-order valence-electron chi connectivity index (χ2n) is 5.52. The average Bonchev–Trinajstić information content (AvgIpc) is 3.18. The Labute approximate surface area is 121 Å². The van der Waals surface area contributed by atoms with Gasteiger partial charge in [-0.1, -0.05) is 43.7 Å². The third-order valence-electron chi connectivity index (χ3n) is 4.84. The largest absolute Gasteiger partial charge is 0.396 e. The zero-order valence-electron chi connectivity index (χ0n) is 12.7. The fourth-order valence-electron chi connectivity index (χ4n) is 3.77. The molecule has 3 heteroatoms. The molecule has 0 aliphatic heterocycles. The summed E-state index contributed by atoms with van der Waals surface area (Å²) >= 11 is 0. The van der Waals surface area contributed by atoms with Gasteiger partial charge in [0.25, 0.3) is 0 Å². The zero-order chi connectivity index (χ0) is 14.8. The van der Waals surface area contributed by atoms with Crippen LogP contribution in [0.4, 0.5) is 0 Å². The summed E-state index contributed by atoms with van der Waals surface area (Å²) in [6.07, 6.45) is 0.924. The monoisotopic (exact) mass is 275 g/mol. The minimum Gasteiger partial charge on any atom is -0.396 e. The molecule has 0 spiro atoms. The summed E-state index contributed by atoms with van der Waals surface area (Å²) in [4.78, 5) is 14.9. The van der Waals surface area contributed by atoms with Crippen molar-refractivity contribution in [3.05, 3.63) is 35.9 Å². The lowest BCUT2D eigenvalue weighted by molar-refractivity contribution is -0.134. The molecule has 0 aromatic heterocycles. The van der Waals surface area contributed by atoms with Crippen LogP contribution in [0.3, 0.4) is 0 Å². The van der Waals surface area contributed by atoms with Gasteiger partial charge >= 0.3 is 0 Å². The van der Waals surface area contributed by atoms with Crippen molar-refractivity contribution in [3.63, 3.8) is 0 Å². The molecule has 0 saturated heterocycles. The lowest BCUT2D eigenvalue weighted by atomic mass is 9.89. The van der Waals surface area contributed by atoms with Crippen molar-refractivity contribution < 1.29 is 9.90 Å². The van der Waals surface area contributed by atoms with Crippen molar-refractivity contribution >= 4 is 5.91 Å². The minimum absolute atomic E-state index is 0.0583. The SMILES string of the molecule is CCC1C(CO)C1(C(=O)N(CC)CC)c1ccccc1. The number of hydrogen-bond acceptors (Lipinski definition) is 2. The first kappa shape index (κ1) is 15.0. The first-order valence-electron chi connectivity index (χ1n) is 7.64. The van der Waals surface area contributed by atoms with Crippen LogP contribution in [0, 0.1) is 11.8 Å². The van der Waals surface area contributed by atoms with Crippen molar-refractivity contribution in [2.24, 2.45) is 11.8 Å². The molecule has 1 amide bonds. The highest BCUT2D eigenvalue weighted by Crippen LogP contribution is 2.62. The van der Waals surface area contributed by atoms with Gasteiger partial charge in [-0.05, 0) is 25.3 Å². The number of aliphatic hydroxyl groups is 1. The van der Waals surface area contributed by atoms with Gasteiger partial charge in [-0.25, -0.2) is 0 Å². The van der Waals surface area contributed by atoms with Crippen LogP contribution >= 0.6 is 0 Å².